The van der Waals surface area contributed by atoms with Gasteiger partial charge >= 0.3 is 0 Å². The molecule has 0 amide bonds. The molecule has 0 rings (SSSR count). The van der Waals surface area contributed by atoms with Gasteiger partial charge < -0.3 is 14.9 Å². The zero-order valence-electron chi connectivity index (χ0n) is 7.68. The average Bonchev–Trinajstić information content (AvgIpc) is 2.11. The van der Waals surface area contributed by atoms with Crippen molar-refractivity contribution in [3.05, 3.63) is 4.72 Å². The van der Waals surface area contributed by atoms with Gasteiger partial charge in [-0.15, -0.1) is 0 Å². The lowest BCUT2D eigenvalue weighted by molar-refractivity contribution is 0.210. The fourth-order valence-corrected chi connectivity index (χ4v) is 2.08. The molecule has 0 radical (unpaired) electrons. The maximum Gasteiger partial charge on any atom is 0.0724 e. The van der Waals surface area contributed by atoms with Crippen LogP contribution in [0.4, 0.5) is 0 Å². The van der Waals surface area contributed by atoms with Crippen LogP contribution in [0.3, 0.4) is 0 Å². The number of hydrogen-bond acceptors (Lipinski definition) is 4. The SMILES string of the molecule is CCCCS(=O)(=O)[N-]C(CO)CO. The minimum Gasteiger partial charge on any atom is -0.543 e. The third-order valence-corrected chi connectivity index (χ3v) is 2.91. The summed E-state index contributed by atoms with van der Waals surface area (Å²) >= 11 is 0. The maximum absolute atomic E-state index is 11.1. The summed E-state index contributed by atoms with van der Waals surface area (Å²) in [5.74, 6) is -0.0139. The van der Waals surface area contributed by atoms with Gasteiger partial charge in [0, 0.05) is 19.0 Å². The number of aliphatic hydroxyl groups is 2. The molecule has 0 bridgehead atoms. The van der Waals surface area contributed by atoms with Crippen LogP contribution < -0.4 is 0 Å². The molecule has 0 spiro atoms. The molecule has 0 saturated heterocycles. The highest BCUT2D eigenvalue weighted by molar-refractivity contribution is 7.93. The number of sulfonamides is 1. The van der Waals surface area contributed by atoms with Crippen molar-refractivity contribution in [3.8, 4) is 0 Å². The van der Waals surface area contributed by atoms with Crippen LogP contribution >= 0.6 is 0 Å². The van der Waals surface area contributed by atoms with Gasteiger partial charge in [0.1, 0.15) is 0 Å². The molecule has 0 atom stereocenters. The predicted octanol–water partition coefficient (Wildman–Crippen LogP) is -0.157. The number of unbranched alkanes of at least 4 members (excludes halogenated alkanes) is 1. The molecule has 0 aliphatic heterocycles. The molecule has 0 unspecified atom stereocenters. The van der Waals surface area contributed by atoms with Gasteiger partial charge in [-0.25, -0.2) is 8.42 Å². The summed E-state index contributed by atoms with van der Waals surface area (Å²) in [7, 11) is -3.46. The number of nitrogens with zero attached hydrogens (tertiary/aromatic N) is 1. The van der Waals surface area contributed by atoms with Crippen LogP contribution in [0, 0.1) is 0 Å². The third-order valence-electron chi connectivity index (χ3n) is 1.49. The van der Waals surface area contributed by atoms with Crippen LogP contribution in [-0.4, -0.2) is 43.6 Å². The van der Waals surface area contributed by atoms with E-state index in [1.54, 1.807) is 0 Å². The van der Waals surface area contributed by atoms with Gasteiger partial charge in [0.05, 0.1) is 10.0 Å². The van der Waals surface area contributed by atoms with Crippen molar-refractivity contribution in [2.75, 3.05) is 19.0 Å². The van der Waals surface area contributed by atoms with Gasteiger partial charge in [-0.3, -0.25) is 0 Å². The van der Waals surface area contributed by atoms with Crippen molar-refractivity contribution in [1.82, 2.24) is 0 Å². The second-order valence-corrected chi connectivity index (χ2v) is 4.55. The van der Waals surface area contributed by atoms with Crippen molar-refractivity contribution in [2.45, 2.75) is 25.8 Å². The first-order valence-corrected chi connectivity index (χ1v) is 5.83. The standard InChI is InChI=1S/C7H16NO4S/c1-2-3-4-13(11,12)8-7(5-9)6-10/h7,9-10H,2-6H2,1H3/q-1. The second-order valence-electron chi connectivity index (χ2n) is 2.76. The van der Waals surface area contributed by atoms with E-state index in [9.17, 15) is 8.42 Å². The Labute approximate surface area is 78.8 Å². The molecule has 0 aliphatic rings. The summed E-state index contributed by atoms with van der Waals surface area (Å²) in [6, 6.07) is -0.901. The Kier molecular flexibility index (Phi) is 6.23. The molecule has 0 aromatic heterocycles. The second kappa shape index (κ2) is 6.31. The third kappa shape index (κ3) is 5.98. The lowest BCUT2D eigenvalue weighted by Gasteiger charge is -2.27. The van der Waals surface area contributed by atoms with Crippen molar-refractivity contribution >= 4 is 10.0 Å². The van der Waals surface area contributed by atoms with Crippen molar-refractivity contribution < 1.29 is 18.6 Å². The highest BCUT2D eigenvalue weighted by atomic mass is 32.2. The molecule has 6 heteroatoms. The summed E-state index contributed by atoms with van der Waals surface area (Å²) in [4.78, 5) is 0. The first-order chi connectivity index (χ1) is 6.05. The first kappa shape index (κ1) is 12.8. The maximum atomic E-state index is 11.1. The van der Waals surface area contributed by atoms with Crippen LogP contribution in [-0.2, 0) is 10.0 Å². The van der Waals surface area contributed by atoms with Crippen LogP contribution in [0.2, 0.25) is 0 Å². The Bertz CT molecular complexity index is 211. The molecule has 0 aromatic rings. The Hall–Kier alpha value is -0.170. The molecule has 0 heterocycles. The van der Waals surface area contributed by atoms with E-state index in [0.29, 0.717) is 6.42 Å². The smallest absolute Gasteiger partial charge is 0.0724 e. The Balaban J connectivity index is 4.00. The van der Waals surface area contributed by atoms with E-state index in [1.807, 2.05) is 6.92 Å². The van der Waals surface area contributed by atoms with Gasteiger partial charge in [0.2, 0.25) is 0 Å². The lowest BCUT2D eigenvalue weighted by Crippen LogP contribution is -2.21. The molecule has 5 nitrogen and oxygen atoms in total. The van der Waals surface area contributed by atoms with E-state index >= 15 is 0 Å². The van der Waals surface area contributed by atoms with E-state index in [0.717, 1.165) is 6.42 Å². The van der Waals surface area contributed by atoms with Crippen LogP contribution in [0.1, 0.15) is 19.8 Å². The van der Waals surface area contributed by atoms with Crippen molar-refractivity contribution in [1.29, 1.82) is 0 Å². The molecule has 0 saturated carbocycles. The van der Waals surface area contributed by atoms with Crippen molar-refractivity contribution in [2.24, 2.45) is 0 Å². The first-order valence-electron chi connectivity index (χ1n) is 4.22. The highest BCUT2D eigenvalue weighted by Gasteiger charge is 2.03. The van der Waals surface area contributed by atoms with Gasteiger partial charge in [-0.05, 0) is 6.42 Å². The highest BCUT2D eigenvalue weighted by Crippen LogP contribution is 2.10. The number of hydrogen-bond donors (Lipinski definition) is 2. The van der Waals surface area contributed by atoms with Crippen LogP contribution in [0.5, 0.6) is 0 Å². The monoisotopic (exact) mass is 210 g/mol. The van der Waals surface area contributed by atoms with E-state index in [-0.39, 0.29) is 5.75 Å². The quantitative estimate of drug-likeness (QED) is 0.611. The van der Waals surface area contributed by atoms with E-state index in [4.69, 9.17) is 10.2 Å². The molecular formula is C7H16NO4S-. The summed E-state index contributed by atoms with van der Waals surface area (Å²) in [6.07, 6.45) is 1.33. The van der Waals surface area contributed by atoms with Gasteiger partial charge in [-0.2, -0.15) is 0 Å². The molecule has 0 aliphatic carbocycles. The average molecular weight is 210 g/mol. The van der Waals surface area contributed by atoms with Crippen LogP contribution in [0.15, 0.2) is 0 Å². The van der Waals surface area contributed by atoms with E-state index in [1.165, 1.54) is 0 Å². The van der Waals surface area contributed by atoms with Gasteiger partial charge in [0.15, 0.2) is 0 Å². The summed E-state index contributed by atoms with van der Waals surface area (Å²) in [5, 5.41) is 17.2. The molecule has 0 fully saturated rings. The summed E-state index contributed by atoms with van der Waals surface area (Å²) in [5.41, 5.74) is 0. The minimum atomic E-state index is -3.46. The van der Waals surface area contributed by atoms with Crippen LogP contribution in [0.25, 0.3) is 4.72 Å². The zero-order chi connectivity index (χ0) is 10.3. The summed E-state index contributed by atoms with van der Waals surface area (Å²) in [6.45, 7) is 0.995. The molecule has 80 valence electrons. The van der Waals surface area contributed by atoms with Gasteiger partial charge in [-0.1, -0.05) is 19.4 Å². The minimum absolute atomic E-state index is 0.0139. The topological polar surface area (TPSA) is 88.7 Å². The Morgan fingerprint density at radius 3 is 2.23 bits per heavy atom. The normalized spacial score (nSPS) is 12.3. The summed E-state index contributed by atoms with van der Waals surface area (Å²) < 4.78 is 25.6. The number of rotatable bonds is 7. The largest absolute Gasteiger partial charge is 0.543 e. The van der Waals surface area contributed by atoms with E-state index < -0.39 is 29.3 Å². The Morgan fingerprint density at radius 1 is 1.31 bits per heavy atom. The molecule has 13 heavy (non-hydrogen) atoms. The van der Waals surface area contributed by atoms with E-state index in [2.05, 4.69) is 4.72 Å². The predicted molar refractivity (Wildman–Crippen MR) is 50.0 cm³/mol. The van der Waals surface area contributed by atoms with Gasteiger partial charge in [0.25, 0.3) is 0 Å². The zero-order valence-corrected chi connectivity index (χ0v) is 8.50. The van der Waals surface area contributed by atoms with Crippen molar-refractivity contribution in [3.63, 3.8) is 0 Å². The molecular weight excluding hydrogens is 194 g/mol. The fraction of sp³-hybridized carbons (Fsp3) is 1.00. The number of aliphatic hydroxyl groups excluding tert-OH is 2. The molecule has 0 aromatic carbocycles. The lowest BCUT2D eigenvalue weighted by atomic mass is 10.4. The fourth-order valence-electron chi connectivity index (χ4n) is 0.731. The molecule has 2 N–H and O–H groups in total. The Morgan fingerprint density at radius 2 is 1.85 bits per heavy atom.